The van der Waals surface area contributed by atoms with Gasteiger partial charge in [0.05, 0.1) is 17.6 Å². The van der Waals surface area contributed by atoms with Crippen LogP contribution in [0.2, 0.25) is 0 Å². The fraction of sp³-hybridized carbons (Fsp3) is 0.429. The molecule has 118 valence electrons. The van der Waals surface area contributed by atoms with Crippen molar-refractivity contribution in [2.75, 3.05) is 26.8 Å². The third-order valence-electron chi connectivity index (χ3n) is 3.40. The number of methoxy groups -OCH3 is 1. The van der Waals surface area contributed by atoms with Gasteiger partial charge < -0.3 is 14.4 Å². The molecule has 8 nitrogen and oxygen atoms in total. The van der Waals surface area contributed by atoms with Crippen LogP contribution in [-0.2, 0) is 9.53 Å². The van der Waals surface area contributed by atoms with Crippen LogP contribution in [0.4, 0.5) is 5.69 Å². The number of nitro groups is 1. The number of carbonyl (C=O) groups is 2. The predicted octanol–water partition coefficient (Wildman–Crippen LogP) is 1.38. The van der Waals surface area contributed by atoms with Crippen LogP contribution in [-0.4, -0.2) is 48.5 Å². The lowest BCUT2D eigenvalue weighted by atomic mass is 10.2. The normalized spacial score (nSPS) is 13.8. The number of hydrogen-bond acceptors (Lipinski definition) is 6. The van der Waals surface area contributed by atoms with Gasteiger partial charge in [0.15, 0.2) is 12.4 Å². The number of rotatable bonds is 5. The maximum Gasteiger partial charge on any atom is 0.338 e. The summed E-state index contributed by atoms with van der Waals surface area (Å²) in [6, 6.07) is 3.74. The van der Waals surface area contributed by atoms with Gasteiger partial charge in [-0.15, -0.1) is 0 Å². The summed E-state index contributed by atoms with van der Waals surface area (Å²) in [5.41, 5.74) is -0.329. The van der Waals surface area contributed by atoms with Gasteiger partial charge in [-0.3, -0.25) is 14.9 Å². The van der Waals surface area contributed by atoms with Crippen molar-refractivity contribution in [3.05, 3.63) is 33.9 Å². The lowest BCUT2D eigenvalue weighted by Crippen LogP contribution is -2.32. The fourth-order valence-corrected chi connectivity index (χ4v) is 2.23. The first kappa shape index (κ1) is 15.7. The van der Waals surface area contributed by atoms with Crippen molar-refractivity contribution < 1.29 is 24.0 Å². The minimum Gasteiger partial charge on any atom is -0.490 e. The number of benzene rings is 1. The average molecular weight is 308 g/mol. The molecule has 1 aliphatic rings. The monoisotopic (exact) mass is 308 g/mol. The number of carbonyl (C=O) groups excluding carboxylic acids is 2. The molecule has 1 aromatic carbocycles. The molecule has 0 radical (unpaired) electrons. The second-order valence-electron chi connectivity index (χ2n) is 4.81. The zero-order chi connectivity index (χ0) is 16.1. The van der Waals surface area contributed by atoms with Gasteiger partial charge in [0.25, 0.3) is 5.91 Å². The molecule has 1 fully saturated rings. The molecule has 1 aliphatic heterocycles. The van der Waals surface area contributed by atoms with E-state index in [1.54, 1.807) is 4.90 Å². The number of amides is 1. The van der Waals surface area contributed by atoms with E-state index in [1.807, 2.05) is 0 Å². The van der Waals surface area contributed by atoms with Crippen molar-refractivity contribution in [1.82, 2.24) is 4.90 Å². The highest BCUT2D eigenvalue weighted by Crippen LogP contribution is 2.27. The molecule has 1 aromatic rings. The summed E-state index contributed by atoms with van der Waals surface area (Å²) in [5, 5.41) is 10.9. The molecule has 22 heavy (non-hydrogen) atoms. The summed E-state index contributed by atoms with van der Waals surface area (Å²) in [7, 11) is 1.30. The first-order chi connectivity index (χ1) is 10.5. The third-order valence-corrected chi connectivity index (χ3v) is 3.40. The van der Waals surface area contributed by atoms with Crippen LogP contribution in [0.5, 0.6) is 5.75 Å². The third kappa shape index (κ3) is 3.51. The van der Waals surface area contributed by atoms with Gasteiger partial charge in [-0.1, -0.05) is 0 Å². The lowest BCUT2D eigenvalue weighted by Gasteiger charge is -2.14. The largest absolute Gasteiger partial charge is 0.490 e. The lowest BCUT2D eigenvalue weighted by molar-refractivity contribution is -0.385. The van der Waals surface area contributed by atoms with E-state index >= 15 is 0 Å². The van der Waals surface area contributed by atoms with Crippen LogP contribution >= 0.6 is 0 Å². The van der Waals surface area contributed by atoms with Crippen molar-refractivity contribution in [2.45, 2.75) is 12.8 Å². The molecule has 8 heteroatoms. The van der Waals surface area contributed by atoms with Gasteiger partial charge in [-0.2, -0.15) is 0 Å². The molecule has 0 aromatic heterocycles. The van der Waals surface area contributed by atoms with Gasteiger partial charge in [0.1, 0.15) is 0 Å². The number of likely N-dealkylation sites (tertiary alicyclic amines) is 1. The number of nitrogens with zero attached hydrogens (tertiary/aromatic N) is 2. The van der Waals surface area contributed by atoms with Crippen LogP contribution in [0, 0.1) is 10.1 Å². The molecule has 0 aliphatic carbocycles. The fourth-order valence-electron chi connectivity index (χ4n) is 2.23. The van der Waals surface area contributed by atoms with Gasteiger partial charge >= 0.3 is 11.7 Å². The highest BCUT2D eigenvalue weighted by atomic mass is 16.6. The Morgan fingerprint density at radius 2 is 2.00 bits per heavy atom. The summed E-state index contributed by atoms with van der Waals surface area (Å²) in [6.45, 7) is 0.980. The van der Waals surface area contributed by atoms with E-state index in [9.17, 15) is 19.7 Å². The Kier molecular flexibility index (Phi) is 4.92. The number of esters is 1. The Morgan fingerprint density at radius 3 is 2.59 bits per heavy atom. The molecule has 0 saturated carbocycles. The number of ether oxygens (including phenoxy) is 2. The van der Waals surface area contributed by atoms with Crippen molar-refractivity contribution >= 4 is 17.6 Å². The van der Waals surface area contributed by atoms with E-state index in [2.05, 4.69) is 0 Å². The highest BCUT2D eigenvalue weighted by Gasteiger charge is 2.22. The van der Waals surface area contributed by atoms with Gasteiger partial charge in [-0.25, -0.2) is 4.79 Å². The predicted molar refractivity (Wildman–Crippen MR) is 75.7 cm³/mol. The molecule has 1 amide bonds. The Labute approximate surface area is 126 Å². The summed E-state index contributed by atoms with van der Waals surface area (Å²) in [5.74, 6) is -0.984. The van der Waals surface area contributed by atoms with E-state index < -0.39 is 10.9 Å². The summed E-state index contributed by atoms with van der Waals surface area (Å²) >= 11 is 0. The average Bonchev–Trinajstić information content (AvgIpc) is 3.06. The first-order valence-electron chi connectivity index (χ1n) is 6.80. The number of hydrogen-bond donors (Lipinski definition) is 0. The zero-order valence-corrected chi connectivity index (χ0v) is 12.1. The smallest absolute Gasteiger partial charge is 0.338 e. The van der Waals surface area contributed by atoms with E-state index in [1.165, 1.54) is 19.2 Å². The van der Waals surface area contributed by atoms with Crippen LogP contribution in [0.25, 0.3) is 0 Å². The van der Waals surface area contributed by atoms with Crippen LogP contribution < -0.4 is 4.74 Å². The molecule has 1 heterocycles. The van der Waals surface area contributed by atoms with Gasteiger partial charge in [0.2, 0.25) is 0 Å². The van der Waals surface area contributed by atoms with Crippen molar-refractivity contribution in [3.8, 4) is 5.75 Å². The van der Waals surface area contributed by atoms with Crippen molar-refractivity contribution in [1.29, 1.82) is 0 Å². The molecular formula is C14H16N2O6. The van der Waals surface area contributed by atoms with Crippen LogP contribution in [0.3, 0.4) is 0 Å². The minimum absolute atomic E-state index is 0.00159. The van der Waals surface area contributed by atoms with E-state index in [-0.39, 0.29) is 29.5 Å². The van der Waals surface area contributed by atoms with Crippen LogP contribution in [0.15, 0.2) is 18.2 Å². The molecule has 1 saturated heterocycles. The molecule has 2 rings (SSSR count). The molecule has 0 spiro atoms. The quantitative estimate of drug-likeness (QED) is 0.463. The second kappa shape index (κ2) is 6.88. The summed E-state index contributed by atoms with van der Waals surface area (Å²) in [6.07, 6.45) is 1.90. The molecule has 0 unspecified atom stereocenters. The summed E-state index contributed by atoms with van der Waals surface area (Å²) in [4.78, 5) is 35.5. The second-order valence-corrected chi connectivity index (χ2v) is 4.81. The standard InChI is InChI=1S/C14H16N2O6/c1-21-12-5-4-10(8-11(12)16(19)20)14(18)22-9-13(17)15-6-2-3-7-15/h4-5,8H,2-3,6-7,9H2,1H3. The highest BCUT2D eigenvalue weighted by molar-refractivity contribution is 5.92. The molecule has 0 atom stereocenters. The summed E-state index contributed by atoms with van der Waals surface area (Å²) < 4.78 is 9.77. The first-order valence-corrected chi connectivity index (χ1v) is 6.80. The maximum absolute atomic E-state index is 11.9. The van der Waals surface area contributed by atoms with E-state index in [0.29, 0.717) is 13.1 Å². The Balaban J connectivity index is 2.01. The van der Waals surface area contributed by atoms with E-state index in [0.717, 1.165) is 18.9 Å². The van der Waals surface area contributed by atoms with Crippen LogP contribution in [0.1, 0.15) is 23.2 Å². The topological polar surface area (TPSA) is 99.0 Å². The van der Waals surface area contributed by atoms with Crippen molar-refractivity contribution in [2.24, 2.45) is 0 Å². The molecule has 0 N–H and O–H groups in total. The Bertz CT molecular complexity index is 595. The molecule has 0 bridgehead atoms. The zero-order valence-electron chi connectivity index (χ0n) is 12.1. The van der Waals surface area contributed by atoms with Crippen molar-refractivity contribution in [3.63, 3.8) is 0 Å². The Hall–Kier alpha value is -2.64. The minimum atomic E-state index is -0.779. The number of nitro benzene ring substituents is 1. The van der Waals surface area contributed by atoms with E-state index in [4.69, 9.17) is 9.47 Å². The van der Waals surface area contributed by atoms with Gasteiger partial charge in [0, 0.05) is 19.2 Å². The van der Waals surface area contributed by atoms with Gasteiger partial charge in [-0.05, 0) is 25.0 Å². The Morgan fingerprint density at radius 1 is 1.32 bits per heavy atom. The SMILES string of the molecule is COc1ccc(C(=O)OCC(=O)N2CCCC2)cc1[N+](=O)[O-]. The molecular weight excluding hydrogens is 292 g/mol. The maximum atomic E-state index is 11.9.